The molecule has 0 spiro atoms. The smallest absolute Gasteiger partial charge is 0.113 e. The van der Waals surface area contributed by atoms with Crippen molar-refractivity contribution in [2.75, 3.05) is 0 Å². The summed E-state index contributed by atoms with van der Waals surface area (Å²) in [6, 6.07) is 21.4. The summed E-state index contributed by atoms with van der Waals surface area (Å²) in [6.45, 7) is 6.71. The average Bonchev–Trinajstić information content (AvgIpc) is 2.86. The van der Waals surface area contributed by atoms with Crippen molar-refractivity contribution in [2.24, 2.45) is 0 Å². The molecular weight excluding hydrogens is 369 g/mol. The highest BCUT2D eigenvalue weighted by atomic mass is 79.9. The van der Waals surface area contributed by atoms with Gasteiger partial charge in [0, 0.05) is 20.9 Å². The zero-order valence-corrected chi connectivity index (χ0v) is 16.3. The van der Waals surface area contributed by atoms with Crippen LogP contribution >= 0.6 is 15.9 Å². The van der Waals surface area contributed by atoms with E-state index in [-0.39, 0.29) is 5.41 Å². The Morgan fingerprint density at radius 2 is 1.40 bits per heavy atom. The first kappa shape index (κ1) is 16.5. The van der Waals surface area contributed by atoms with Crippen molar-refractivity contribution in [1.29, 1.82) is 0 Å². The van der Waals surface area contributed by atoms with E-state index in [0.29, 0.717) is 0 Å². The van der Waals surface area contributed by atoms with Gasteiger partial charge in [-0.25, -0.2) is 0 Å². The molecule has 3 aromatic carbocycles. The first-order chi connectivity index (χ1) is 11.8. The minimum Gasteiger partial charge on any atom is -0.309 e. The third kappa shape index (κ3) is 2.81. The normalized spacial score (nSPS) is 12.2. The molecule has 2 radical (unpaired) electrons. The summed E-state index contributed by atoms with van der Waals surface area (Å²) in [5.41, 5.74) is 5.72. The molecule has 0 atom stereocenters. The van der Waals surface area contributed by atoms with E-state index in [0.717, 1.165) is 21.1 Å². The van der Waals surface area contributed by atoms with Crippen LogP contribution in [-0.2, 0) is 5.41 Å². The Labute approximate surface area is 158 Å². The van der Waals surface area contributed by atoms with Crippen LogP contribution in [0.2, 0.25) is 0 Å². The van der Waals surface area contributed by atoms with Crippen molar-refractivity contribution in [2.45, 2.75) is 26.2 Å². The van der Waals surface area contributed by atoms with E-state index in [1.165, 1.54) is 21.9 Å². The lowest BCUT2D eigenvalue weighted by atomic mass is 9.87. The van der Waals surface area contributed by atoms with E-state index in [9.17, 15) is 0 Å². The van der Waals surface area contributed by atoms with Gasteiger partial charge in [0.15, 0.2) is 0 Å². The van der Waals surface area contributed by atoms with Crippen LogP contribution in [0, 0.1) is 0 Å². The van der Waals surface area contributed by atoms with Gasteiger partial charge in [-0.05, 0) is 41.3 Å². The van der Waals surface area contributed by atoms with Gasteiger partial charge in [-0.15, -0.1) is 0 Å². The van der Waals surface area contributed by atoms with Crippen molar-refractivity contribution < 1.29 is 0 Å². The number of hydrogen-bond acceptors (Lipinski definition) is 0. The lowest BCUT2D eigenvalue weighted by molar-refractivity contribution is 0.590. The van der Waals surface area contributed by atoms with E-state index in [1.54, 1.807) is 0 Å². The minimum atomic E-state index is 0.146. The Bertz CT molecular complexity index is 1030. The molecule has 122 valence electrons. The van der Waals surface area contributed by atoms with E-state index in [1.807, 2.05) is 6.07 Å². The fourth-order valence-electron chi connectivity index (χ4n) is 3.40. The zero-order valence-electron chi connectivity index (χ0n) is 14.7. The van der Waals surface area contributed by atoms with Gasteiger partial charge in [-0.1, -0.05) is 72.5 Å². The first-order valence-corrected chi connectivity index (χ1v) is 9.24. The van der Waals surface area contributed by atoms with Gasteiger partial charge in [0.2, 0.25) is 0 Å². The third-order valence-electron chi connectivity index (χ3n) is 4.75. The lowest BCUT2D eigenvalue weighted by Crippen LogP contribution is -2.10. The predicted molar refractivity (Wildman–Crippen MR) is 113 cm³/mol. The zero-order chi connectivity index (χ0) is 17.8. The molecule has 0 aliphatic heterocycles. The quantitative estimate of drug-likeness (QED) is 0.372. The fourth-order valence-corrected chi connectivity index (χ4v) is 3.75. The van der Waals surface area contributed by atoms with Crippen molar-refractivity contribution >= 4 is 51.0 Å². The second kappa shape index (κ2) is 5.77. The van der Waals surface area contributed by atoms with Crippen LogP contribution in [0.3, 0.4) is 0 Å². The molecule has 0 N–H and O–H groups in total. The number of aromatic nitrogens is 1. The van der Waals surface area contributed by atoms with Crippen molar-refractivity contribution in [3.05, 3.63) is 70.7 Å². The number of nitrogens with zero attached hydrogens (tertiary/aromatic N) is 1. The molecule has 0 fully saturated rings. The Morgan fingerprint density at radius 3 is 2.04 bits per heavy atom. The molecule has 25 heavy (non-hydrogen) atoms. The van der Waals surface area contributed by atoms with Gasteiger partial charge >= 0.3 is 0 Å². The van der Waals surface area contributed by atoms with Gasteiger partial charge < -0.3 is 4.57 Å². The molecule has 0 amide bonds. The molecule has 1 aromatic heterocycles. The standard InChI is InChI=1S/C22H19BBrN/c1-22(2,3)14-4-8-17(9-5-14)25-20-12-15(23)6-10-18(20)19-11-7-16(24)13-21(19)25/h4-13H,1-3H3. The maximum absolute atomic E-state index is 6.08. The SMILES string of the molecule is [B]c1ccc2c3ccc(Br)cc3n(-c3ccc(C(C)(C)C)cc3)c2c1. The van der Waals surface area contributed by atoms with Crippen LogP contribution in [0.4, 0.5) is 0 Å². The van der Waals surface area contributed by atoms with E-state index >= 15 is 0 Å². The molecule has 0 saturated carbocycles. The van der Waals surface area contributed by atoms with Crippen molar-refractivity contribution in [1.82, 2.24) is 4.57 Å². The maximum atomic E-state index is 6.08. The van der Waals surface area contributed by atoms with Crippen LogP contribution in [0.5, 0.6) is 0 Å². The second-order valence-electron chi connectivity index (χ2n) is 7.57. The number of benzene rings is 3. The Hall–Kier alpha value is -2.00. The molecule has 1 heterocycles. The van der Waals surface area contributed by atoms with Crippen molar-refractivity contribution in [3.8, 4) is 5.69 Å². The van der Waals surface area contributed by atoms with Gasteiger partial charge in [0.1, 0.15) is 7.85 Å². The fraction of sp³-hybridized carbons (Fsp3) is 0.182. The van der Waals surface area contributed by atoms with Crippen LogP contribution in [-0.4, -0.2) is 12.4 Å². The van der Waals surface area contributed by atoms with Crippen LogP contribution in [0.25, 0.3) is 27.5 Å². The van der Waals surface area contributed by atoms with Crippen molar-refractivity contribution in [3.63, 3.8) is 0 Å². The van der Waals surface area contributed by atoms with Gasteiger partial charge in [0.25, 0.3) is 0 Å². The first-order valence-electron chi connectivity index (χ1n) is 8.45. The highest BCUT2D eigenvalue weighted by molar-refractivity contribution is 9.10. The molecule has 0 unspecified atom stereocenters. The summed E-state index contributed by atoms with van der Waals surface area (Å²) in [5.74, 6) is 0. The van der Waals surface area contributed by atoms with E-state index < -0.39 is 0 Å². The van der Waals surface area contributed by atoms with Crippen LogP contribution < -0.4 is 5.46 Å². The summed E-state index contributed by atoms with van der Waals surface area (Å²) in [5, 5.41) is 2.45. The molecule has 0 saturated heterocycles. The van der Waals surface area contributed by atoms with Gasteiger partial charge in [-0.3, -0.25) is 0 Å². The monoisotopic (exact) mass is 387 g/mol. The molecular formula is C22H19BBrN. The highest BCUT2D eigenvalue weighted by Crippen LogP contribution is 2.33. The van der Waals surface area contributed by atoms with Gasteiger partial charge in [0.05, 0.1) is 11.0 Å². The minimum absolute atomic E-state index is 0.146. The molecule has 1 nitrogen and oxygen atoms in total. The Kier molecular flexibility index (Phi) is 3.80. The Morgan fingerprint density at radius 1 is 0.800 bits per heavy atom. The maximum Gasteiger partial charge on any atom is 0.113 e. The molecule has 4 rings (SSSR count). The summed E-state index contributed by atoms with van der Waals surface area (Å²) in [4.78, 5) is 0. The molecule has 0 aliphatic carbocycles. The predicted octanol–water partition coefficient (Wildman–Crippen LogP) is 5.64. The lowest BCUT2D eigenvalue weighted by Gasteiger charge is -2.19. The number of hydrogen-bond donors (Lipinski definition) is 0. The summed E-state index contributed by atoms with van der Waals surface area (Å²) < 4.78 is 3.36. The number of halogens is 1. The largest absolute Gasteiger partial charge is 0.309 e. The van der Waals surface area contributed by atoms with Crippen LogP contribution in [0.15, 0.2) is 65.1 Å². The van der Waals surface area contributed by atoms with E-state index in [2.05, 4.69) is 95.9 Å². The Balaban J connectivity index is 2.04. The summed E-state index contributed by atoms with van der Waals surface area (Å²) in [7, 11) is 6.08. The van der Waals surface area contributed by atoms with Gasteiger partial charge in [-0.2, -0.15) is 0 Å². The summed E-state index contributed by atoms with van der Waals surface area (Å²) in [6.07, 6.45) is 0. The highest BCUT2D eigenvalue weighted by Gasteiger charge is 2.15. The molecule has 3 heteroatoms. The number of fused-ring (bicyclic) bond motifs is 3. The molecule has 4 aromatic rings. The summed E-state index contributed by atoms with van der Waals surface area (Å²) >= 11 is 3.61. The topological polar surface area (TPSA) is 4.93 Å². The molecule has 0 bridgehead atoms. The van der Waals surface area contributed by atoms with Crippen LogP contribution in [0.1, 0.15) is 26.3 Å². The number of rotatable bonds is 1. The average molecular weight is 388 g/mol. The molecule has 0 aliphatic rings. The second-order valence-corrected chi connectivity index (χ2v) is 8.49. The third-order valence-corrected chi connectivity index (χ3v) is 5.24. The van der Waals surface area contributed by atoms with E-state index in [4.69, 9.17) is 7.85 Å².